The lowest BCUT2D eigenvalue weighted by Gasteiger charge is -2.08. The number of nitrogens with one attached hydrogen (secondary N) is 1. The fourth-order valence-electron chi connectivity index (χ4n) is 2.65. The molecule has 0 aliphatic carbocycles. The quantitative estimate of drug-likeness (QED) is 0.302. The molecule has 3 aromatic rings. The number of hydrogen-bond acceptors (Lipinski definition) is 9. The Balaban J connectivity index is 1.72. The summed E-state index contributed by atoms with van der Waals surface area (Å²) in [4.78, 5) is 15.2. The zero-order chi connectivity index (χ0) is 21.5. The smallest absolute Gasteiger partial charge is 0.311 e. The molecule has 0 bridgehead atoms. The first-order valence-corrected chi connectivity index (χ1v) is 9.82. The van der Waals surface area contributed by atoms with Crippen molar-refractivity contribution in [1.82, 2.24) is 4.98 Å². The number of aromatic nitrogens is 1. The van der Waals surface area contributed by atoms with Crippen LogP contribution in [0, 0.1) is 10.1 Å². The first-order valence-electron chi connectivity index (χ1n) is 8.94. The van der Waals surface area contributed by atoms with Crippen LogP contribution in [0.15, 0.2) is 46.9 Å². The molecule has 9 nitrogen and oxygen atoms in total. The van der Waals surface area contributed by atoms with Crippen LogP contribution < -0.4 is 19.6 Å². The summed E-state index contributed by atoms with van der Waals surface area (Å²) in [6.07, 6.45) is 1.49. The Morgan fingerprint density at radius 3 is 2.63 bits per heavy atom. The highest BCUT2D eigenvalue weighted by Gasteiger charge is 2.15. The van der Waals surface area contributed by atoms with Crippen molar-refractivity contribution in [3.63, 3.8) is 0 Å². The Bertz CT molecular complexity index is 1070. The van der Waals surface area contributed by atoms with Crippen molar-refractivity contribution in [2.75, 3.05) is 26.3 Å². The van der Waals surface area contributed by atoms with Gasteiger partial charge in [-0.1, -0.05) is 0 Å². The van der Waals surface area contributed by atoms with Gasteiger partial charge in [-0.3, -0.25) is 15.5 Å². The van der Waals surface area contributed by atoms with Gasteiger partial charge in [0.2, 0.25) is 5.13 Å². The van der Waals surface area contributed by atoms with Crippen molar-refractivity contribution in [2.24, 2.45) is 5.10 Å². The molecule has 0 aliphatic heterocycles. The zero-order valence-corrected chi connectivity index (χ0v) is 17.4. The second kappa shape index (κ2) is 9.70. The third kappa shape index (κ3) is 4.84. The normalized spacial score (nSPS) is 10.8. The van der Waals surface area contributed by atoms with Crippen molar-refractivity contribution in [1.29, 1.82) is 0 Å². The average molecular weight is 428 g/mol. The molecule has 0 unspecified atom stereocenters. The molecule has 0 saturated heterocycles. The molecule has 0 saturated carbocycles. The highest BCUT2D eigenvalue weighted by Crippen LogP contribution is 2.33. The van der Waals surface area contributed by atoms with Crippen LogP contribution >= 0.6 is 11.3 Å². The van der Waals surface area contributed by atoms with E-state index < -0.39 is 4.92 Å². The molecule has 10 heteroatoms. The number of nitrogens with zero attached hydrogens (tertiary/aromatic N) is 3. The number of methoxy groups -OCH3 is 2. The number of nitro benzene ring substituents is 1. The summed E-state index contributed by atoms with van der Waals surface area (Å²) in [6.45, 7) is 2.12. The second-order valence-electron chi connectivity index (χ2n) is 5.89. The molecule has 1 N–H and O–H groups in total. The summed E-state index contributed by atoms with van der Waals surface area (Å²) < 4.78 is 15.8. The van der Waals surface area contributed by atoms with Gasteiger partial charge in [0.1, 0.15) is 0 Å². The lowest BCUT2D eigenvalue weighted by Crippen LogP contribution is -1.99. The van der Waals surface area contributed by atoms with Gasteiger partial charge in [0, 0.05) is 22.6 Å². The van der Waals surface area contributed by atoms with Gasteiger partial charge in [-0.05, 0) is 37.3 Å². The van der Waals surface area contributed by atoms with Crippen LogP contribution in [-0.4, -0.2) is 36.9 Å². The van der Waals surface area contributed by atoms with E-state index in [4.69, 9.17) is 14.2 Å². The Morgan fingerprint density at radius 2 is 1.93 bits per heavy atom. The van der Waals surface area contributed by atoms with Crippen molar-refractivity contribution in [3.8, 4) is 28.5 Å². The van der Waals surface area contributed by atoms with Crippen molar-refractivity contribution in [3.05, 3.63) is 57.5 Å². The van der Waals surface area contributed by atoms with E-state index in [1.807, 2.05) is 23.6 Å². The van der Waals surface area contributed by atoms with Crippen LogP contribution in [0.4, 0.5) is 10.8 Å². The fraction of sp³-hybridized carbons (Fsp3) is 0.200. The predicted molar refractivity (Wildman–Crippen MR) is 116 cm³/mol. The molecule has 1 aromatic heterocycles. The van der Waals surface area contributed by atoms with Crippen molar-refractivity contribution in [2.45, 2.75) is 6.92 Å². The molecular weight excluding hydrogens is 408 g/mol. The Labute approximate surface area is 177 Å². The maximum Gasteiger partial charge on any atom is 0.311 e. The standard InChI is InChI=1S/C20H20N4O5S/c1-4-29-17-7-5-13(9-16(17)24(25)26)11-21-23-20-22-15(12-30-20)14-6-8-18(27-2)19(10-14)28-3/h5-12H,4H2,1-3H3,(H,22,23)/b21-11-. The lowest BCUT2D eigenvalue weighted by molar-refractivity contribution is -0.385. The van der Waals surface area contributed by atoms with Crippen LogP contribution in [0.2, 0.25) is 0 Å². The molecule has 30 heavy (non-hydrogen) atoms. The summed E-state index contributed by atoms with van der Waals surface area (Å²) >= 11 is 1.38. The Kier molecular flexibility index (Phi) is 6.81. The van der Waals surface area contributed by atoms with Gasteiger partial charge < -0.3 is 14.2 Å². The lowest BCUT2D eigenvalue weighted by atomic mass is 10.1. The number of nitro groups is 1. The van der Waals surface area contributed by atoms with Crippen LogP contribution in [0.3, 0.4) is 0 Å². The van der Waals surface area contributed by atoms with Crippen molar-refractivity contribution >= 4 is 28.4 Å². The minimum absolute atomic E-state index is 0.106. The van der Waals surface area contributed by atoms with E-state index in [1.165, 1.54) is 23.6 Å². The van der Waals surface area contributed by atoms with Crippen LogP contribution in [-0.2, 0) is 0 Å². The molecule has 0 fully saturated rings. The molecule has 0 aliphatic rings. The molecule has 0 spiro atoms. The van der Waals surface area contributed by atoms with Gasteiger partial charge in [0.25, 0.3) is 0 Å². The number of hydrazone groups is 1. The van der Waals surface area contributed by atoms with E-state index >= 15 is 0 Å². The minimum Gasteiger partial charge on any atom is -0.493 e. The van der Waals surface area contributed by atoms with Crippen LogP contribution in [0.25, 0.3) is 11.3 Å². The van der Waals surface area contributed by atoms with E-state index in [1.54, 1.807) is 33.3 Å². The van der Waals surface area contributed by atoms with Gasteiger partial charge in [-0.25, -0.2) is 4.98 Å². The third-order valence-electron chi connectivity index (χ3n) is 4.04. The number of rotatable bonds is 9. The summed E-state index contributed by atoms with van der Waals surface area (Å²) in [6, 6.07) is 10.2. The van der Waals surface area contributed by atoms with Gasteiger partial charge >= 0.3 is 5.69 Å². The summed E-state index contributed by atoms with van der Waals surface area (Å²) in [5.41, 5.74) is 4.94. The molecule has 3 rings (SSSR count). The maximum atomic E-state index is 11.2. The molecule has 0 amide bonds. The minimum atomic E-state index is -0.480. The number of ether oxygens (including phenoxy) is 3. The molecule has 1 heterocycles. The molecule has 0 atom stereocenters. The zero-order valence-electron chi connectivity index (χ0n) is 16.6. The average Bonchev–Trinajstić information content (AvgIpc) is 3.23. The number of thiazole rings is 1. The van der Waals surface area contributed by atoms with Gasteiger partial charge in [0.05, 0.1) is 37.7 Å². The van der Waals surface area contributed by atoms with Gasteiger partial charge in [-0.15, -0.1) is 11.3 Å². The monoisotopic (exact) mass is 428 g/mol. The van der Waals surface area contributed by atoms with Crippen molar-refractivity contribution < 1.29 is 19.1 Å². The number of benzene rings is 2. The van der Waals surface area contributed by atoms with E-state index in [0.717, 1.165) is 11.3 Å². The van der Waals surface area contributed by atoms with E-state index in [2.05, 4.69) is 15.5 Å². The first-order chi connectivity index (χ1) is 14.5. The molecule has 2 aromatic carbocycles. The fourth-order valence-corrected chi connectivity index (χ4v) is 3.32. The maximum absolute atomic E-state index is 11.2. The SMILES string of the molecule is CCOc1ccc(/C=N\Nc2nc(-c3ccc(OC)c(OC)c3)cs2)cc1[N+](=O)[O-]. The number of hydrogen-bond donors (Lipinski definition) is 1. The molecule has 156 valence electrons. The topological polar surface area (TPSA) is 108 Å². The van der Waals surface area contributed by atoms with Gasteiger partial charge in [0.15, 0.2) is 17.2 Å². The third-order valence-corrected chi connectivity index (χ3v) is 4.78. The summed E-state index contributed by atoms with van der Waals surface area (Å²) in [5.74, 6) is 1.49. The highest BCUT2D eigenvalue weighted by molar-refractivity contribution is 7.14. The Hall–Kier alpha value is -3.66. The van der Waals surface area contributed by atoms with E-state index in [0.29, 0.717) is 28.8 Å². The Morgan fingerprint density at radius 1 is 1.17 bits per heavy atom. The predicted octanol–water partition coefficient (Wildman–Crippen LogP) is 4.58. The van der Waals surface area contributed by atoms with E-state index in [9.17, 15) is 10.1 Å². The molecule has 0 radical (unpaired) electrons. The first kappa shape index (κ1) is 21.1. The highest BCUT2D eigenvalue weighted by atomic mass is 32.1. The summed E-state index contributed by atoms with van der Waals surface area (Å²) in [5, 5.41) is 17.8. The number of anilines is 1. The second-order valence-corrected chi connectivity index (χ2v) is 6.75. The largest absolute Gasteiger partial charge is 0.493 e. The summed E-state index contributed by atoms with van der Waals surface area (Å²) in [7, 11) is 3.16. The van der Waals surface area contributed by atoms with Crippen LogP contribution in [0.5, 0.6) is 17.2 Å². The molecular formula is C20H20N4O5S. The van der Waals surface area contributed by atoms with E-state index in [-0.39, 0.29) is 11.4 Å². The van der Waals surface area contributed by atoms with Crippen LogP contribution in [0.1, 0.15) is 12.5 Å². The van der Waals surface area contributed by atoms with Gasteiger partial charge in [-0.2, -0.15) is 5.10 Å².